The van der Waals surface area contributed by atoms with Crippen molar-refractivity contribution in [1.29, 1.82) is 0 Å². The van der Waals surface area contributed by atoms with Crippen molar-refractivity contribution in [3.8, 4) is 0 Å². The molecule has 0 aromatic carbocycles. The molecule has 142 valence electrons. The lowest BCUT2D eigenvalue weighted by Gasteiger charge is -2.30. The molecular weight excluding hydrogens is 346 g/mol. The highest BCUT2D eigenvalue weighted by Gasteiger charge is 2.45. The van der Waals surface area contributed by atoms with Crippen molar-refractivity contribution >= 4 is 23.1 Å². The number of aromatic nitrogens is 4. The summed E-state index contributed by atoms with van der Waals surface area (Å²) in [6.45, 7) is 2.26. The lowest BCUT2D eigenvalue weighted by molar-refractivity contribution is -0.0504. The van der Waals surface area contributed by atoms with E-state index >= 15 is 0 Å². The Morgan fingerprint density at radius 2 is 1.96 bits per heavy atom. The molecule has 0 spiro atoms. The second-order valence-corrected chi connectivity index (χ2v) is 6.37. The number of hydrogen-bond donors (Lipinski definition) is 6. The van der Waals surface area contributed by atoms with Crippen molar-refractivity contribution in [2.75, 3.05) is 43.4 Å². The molecule has 2 saturated heterocycles. The van der Waals surface area contributed by atoms with E-state index in [0.29, 0.717) is 19.0 Å². The Kier molecular flexibility index (Phi) is 4.28. The van der Waals surface area contributed by atoms with Gasteiger partial charge in [0.2, 0.25) is 11.9 Å². The maximum Gasteiger partial charge on any atom is 0.280 e. The molecule has 12 nitrogen and oxygen atoms in total. The number of imidazole rings is 1. The Labute approximate surface area is 147 Å². The van der Waals surface area contributed by atoms with E-state index < -0.39 is 36.7 Å². The second kappa shape index (κ2) is 6.48. The first-order valence-electron chi connectivity index (χ1n) is 8.37. The van der Waals surface area contributed by atoms with Gasteiger partial charge < -0.3 is 36.0 Å². The van der Waals surface area contributed by atoms with Crippen LogP contribution in [0.5, 0.6) is 0 Å². The first-order chi connectivity index (χ1) is 12.5. The summed E-state index contributed by atoms with van der Waals surface area (Å²) in [5.41, 5.74) is 5.37. The van der Waals surface area contributed by atoms with Crippen LogP contribution in [0.1, 0.15) is 6.23 Å². The molecule has 2 aliphatic rings. The van der Waals surface area contributed by atoms with E-state index in [-0.39, 0.29) is 17.1 Å². The van der Waals surface area contributed by atoms with Gasteiger partial charge in [0.25, 0.3) is 5.56 Å². The van der Waals surface area contributed by atoms with Gasteiger partial charge in [-0.05, 0) is 0 Å². The van der Waals surface area contributed by atoms with Gasteiger partial charge in [0, 0.05) is 26.2 Å². The van der Waals surface area contributed by atoms with Crippen molar-refractivity contribution in [1.82, 2.24) is 24.8 Å². The Balaban J connectivity index is 1.89. The van der Waals surface area contributed by atoms with E-state index in [4.69, 9.17) is 10.5 Å². The zero-order valence-corrected chi connectivity index (χ0v) is 13.9. The molecule has 2 aromatic rings. The summed E-state index contributed by atoms with van der Waals surface area (Å²) in [6.07, 6.45) is -4.63. The smallest absolute Gasteiger partial charge is 0.280 e. The maximum absolute atomic E-state index is 12.3. The third-order valence-corrected chi connectivity index (χ3v) is 4.72. The monoisotopic (exact) mass is 367 g/mol. The number of nitrogen functional groups attached to an aromatic ring is 1. The number of aromatic amines is 1. The van der Waals surface area contributed by atoms with Crippen LogP contribution in [0.25, 0.3) is 11.2 Å². The molecule has 0 aliphatic carbocycles. The van der Waals surface area contributed by atoms with E-state index in [0.717, 1.165) is 13.1 Å². The number of anilines is 2. The van der Waals surface area contributed by atoms with Crippen LogP contribution < -0.4 is 21.5 Å². The number of piperazine rings is 1. The quantitative estimate of drug-likeness (QED) is 0.323. The van der Waals surface area contributed by atoms with Crippen molar-refractivity contribution in [2.45, 2.75) is 24.5 Å². The standard InChI is InChI=1S/C14H21N7O5/c15-13-18-10-7(11(25)19-13)17-14(20-3-1-16-2-4-20)21(10)12-9(24)8(23)6(5-22)26-12/h6,8-9,12,16,22-24H,1-5H2,(H3,15,18,19,25)/t6-,8+,9+,12-/m0/s1. The SMILES string of the molecule is Nc1nc2c(nc(N3CCNCC3)n2[C@H]2O[C@@H](CO)[C@@H](O)[C@H]2O)c(=O)[nH]1. The third kappa shape index (κ3) is 2.62. The molecule has 4 atom stereocenters. The third-order valence-electron chi connectivity index (χ3n) is 4.72. The van der Waals surface area contributed by atoms with Crippen LogP contribution in [0.3, 0.4) is 0 Å². The Morgan fingerprint density at radius 1 is 1.23 bits per heavy atom. The van der Waals surface area contributed by atoms with Gasteiger partial charge in [-0.3, -0.25) is 14.3 Å². The summed E-state index contributed by atoms with van der Waals surface area (Å²) in [5.74, 6) is 0.294. The van der Waals surface area contributed by atoms with Crippen LogP contribution in [0.15, 0.2) is 4.79 Å². The highest BCUT2D eigenvalue weighted by molar-refractivity contribution is 5.75. The molecule has 7 N–H and O–H groups in total. The predicted molar refractivity (Wildman–Crippen MR) is 90.7 cm³/mol. The highest BCUT2D eigenvalue weighted by atomic mass is 16.6. The molecule has 4 rings (SSSR count). The molecule has 2 fully saturated rings. The summed E-state index contributed by atoms with van der Waals surface area (Å²) >= 11 is 0. The molecule has 4 heterocycles. The van der Waals surface area contributed by atoms with Gasteiger partial charge in [-0.25, -0.2) is 4.98 Å². The van der Waals surface area contributed by atoms with Gasteiger partial charge in [0.1, 0.15) is 18.3 Å². The number of H-pyrrole nitrogens is 1. The summed E-state index contributed by atoms with van der Waals surface area (Å²) in [4.78, 5) is 25.1. The fourth-order valence-corrected chi connectivity index (χ4v) is 3.40. The lowest BCUT2D eigenvalue weighted by atomic mass is 10.1. The topological polar surface area (TPSA) is 175 Å². The number of fused-ring (bicyclic) bond motifs is 1. The Bertz CT molecular complexity index is 861. The molecule has 0 unspecified atom stereocenters. The normalized spacial score (nSPS) is 29.6. The van der Waals surface area contributed by atoms with E-state index in [1.165, 1.54) is 4.57 Å². The number of aliphatic hydroxyl groups excluding tert-OH is 3. The Morgan fingerprint density at radius 3 is 2.62 bits per heavy atom. The van der Waals surface area contributed by atoms with Gasteiger partial charge in [-0.2, -0.15) is 4.98 Å². The Hall–Kier alpha value is -2.25. The van der Waals surface area contributed by atoms with E-state index in [1.54, 1.807) is 0 Å². The number of nitrogens with one attached hydrogen (secondary N) is 2. The molecule has 0 bridgehead atoms. The summed E-state index contributed by atoms with van der Waals surface area (Å²) in [6, 6.07) is 0. The summed E-state index contributed by atoms with van der Waals surface area (Å²) in [7, 11) is 0. The van der Waals surface area contributed by atoms with Gasteiger partial charge in [-0.15, -0.1) is 0 Å². The lowest BCUT2D eigenvalue weighted by Crippen LogP contribution is -2.45. The highest BCUT2D eigenvalue weighted by Crippen LogP contribution is 2.35. The number of nitrogens with two attached hydrogens (primary N) is 1. The average Bonchev–Trinajstić information content (AvgIpc) is 3.14. The number of aliphatic hydroxyl groups is 3. The number of hydrogen-bond acceptors (Lipinski definition) is 10. The number of rotatable bonds is 3. The van der Waals surface area contributed by atoms with E-state index in [1.807, 2.05) is 4.90 Å². The molecule has 12 heteroatoms. The summed E-state index contributed by atoms with van der Waals surface area (Å²) in [5, 5.41) is 33.1. The van der Waals surface area contributed by atoms with Crippen LogP contribution >= 0.6 is 0 Å². The minimum absolute atomic E-state index is 0.0606. The fraction of sp³-hybridized carbons (Fsp3) is 0.643. The van der Waals surface area contributed by atoms with Gasteiger partial charge in [-0.1, -0.05) is 0 Å². The van der Waals surface area contributed by atoms with Crippen molar-refractivity contribution in [3.63, 3.8) is 0 Å². The zero-order valence-electron chi connectivity index (χ0n) is 13.9. The molecule has 2 aliphatic heterocycles. The van der Waals surface area contributed by atoms with E-state index in [9.17, 15) is 20.1 Å². The zero-order chi connectivity index (χ0) is 18.4. The fourth-order valence-electron chi connectivity index (χ4n) is 3.40. The molecule has 26 heavy (non-hydrogen) atoms. The van der Waals surface area contributed by atoms with Crippen LogP contribution in [0.4, 0.5) is 11.9 Å². The first-order valence-corrected chi connectivity index (χ1v) is 8.37. The predicted octanol–water partition coefficient (Wildman–Crippen LogP) is -3.28. The molecular formula is C14H21N7O5. The minimum atomic E-state index is -1.33. The van der Waals surface area contributed by atoms with E-state index in [2.05, 4.69) is 20.3 Å². The van der Waals surface area contributed by atoms with Crippen molar-refractivity contribution < 1.29 is 20.1 Å². The van der Waals surface area contributed by atoms with Gasteiger partial charge in [0.05, 0.1) is 6.61 Å². The molecule has 0 amide bonds. The minimum Gasteiger partial charge on any atom is -0.394 e. The summed E-state index contributed by atoms with van der Waals surface area (Å²) < 4.78 is 7.10. The van der Waals surface area contributed by atoms with Gasteiger partial charge >= 0.3 is 0 Å². The largest absolute Gasteiger partial charge is 0.394 e. The van der Waals surface area contributed by atoms with Crippen LogP contribution in [-0.2, 0) is 4.74 Å². The molecule has 0 saturated carbocycles. The number of nitrogens with zero attached hydrogens (tertiary/aromatic N) is 4. The molecule has 0 radical (unpaired) electrons. The van der Waals surface area contributed by atoms with Crippen molar-refractivity contribution in [3.05, 3.63) is 10.4 Å². The number of ether oxygens (including phenoxy) is 1. The van der Waals surface area contributed by atoms with Gasteiger partial charge in [0.15, 0.2) is 17.4 Å². The maximum atomic E-state index is 12.3. The van der Waals surface area contributed by atoms with Crippen LogP contribution in [0.2, 0.25) is 0 Å². The molecule has 2 aromatic heterocycles. The average molecular weight is 367 g/mol. The van der Waals surface area contributed by atoms with Crippen LogP contribution in [-0.4, -0.2) is 85.9 Å². The van der Waals surface area contributed by atoms with Crippen LogP contribution in [0, 0.1) is 0 Å². The first kappa shape index (κ1) is 17.2. The second-order valence-electron chi connectivity index (χ2n) is 6.37. The van der Waals surface area contributed by atoms with Crippen molar-refractivity contribution in [2.24, 2.45) is 0 Å².